The molecule has 1 aromatic carbocycles. The van der Waals surface area contributed by atoms with E-state index in [9.17, 15) is 24.0 Å². The van der Waals surface area contributed by atoms with Gasteiger partial charge in [0.25, 0.3) is 0 Å². The average molecular weight is 522 g/mol. The van der Waals surface area contributed by atoms with E-state index in [0.29, 0.717) is 0 Å². The maximum absolute atomic E-state index is 13.0. The zero-order valence-electron chi connectivity index (χ0n) is 22.4. The van der Waals surface area contributed by atoms with Crippen LogP contribution in [0.25, 0.3) is 0 Å². The van der Waals surface area contributed by atoms with Crippen LogP contribution >= 0.6 is 0 Å². The summed E-state index contributed by atoms with van der Waals surface area (Å²) in [7, 11) is 0. The molecule has 0 spiro atoms. The van der Waals surface area contributed by atoms with Crippen LogP contribution < -0.4 is 16.0 Å². The summed E-state index contributed by atoms with van der Waals surface area (Å²) in [6.45, 7) is 9.90. The zero-order valence-corrected chi connectivity index (χ0v) is 22.4. The highest BCUT2D eigenvalue weighted by Crippen LogP contribution is 2.09. The second-order valence-electron chi connectivity index (χ2n) is 9.64. The molecule has 37 heavy (non-hydrogen) atoms. The Kier molecular flexibility index (Phi) is 13.1. The molecule has 0 aliphatic carbocycles. The largest absolute Gasteiger partial charge is 0.464 e. The molecule has 1 aromatic rings. The van der Waals surface area contributed by atoms with E-state index in [1.807, 2.05) is 30.3 Å². The van der Waals surface area contributed by atoms with Gasteiger partial charge in [-0.25, -0.2) is 9.59 Å². The number of esters is 2. The van der Waals surface area contributed by atoms with E-state index < -0.39 is 54.1 Å². The van der Waals surface area contributed by atoms with Gasteiger partial charge in [0.05, 0.1) is 6.61 Å². The minimum atomic E-state index is -1.12. The van der Waals surface area contributed by atoms with Crippen LogP contribution in [0.1, 0.15) is 59.9 Å². The van der Waals surface area contributed by atoms with Gasteiger partial charge >= 0.3 is 18.0 Å². The van der Waals surface area contributed by atoms with Gasteiger partial charge in [0.15, 0.2) is 0 Å². The minimum absolute atomic E-state index is 0.0445. The number of ether oxygens (including phenoxy) is 3. The summed E-state index contributed by atoms with van der Waals surface area (Å²) in [5, 5.41) is 7.44. The highest BCUT2D eigenvalue weighted by atomic mass is 16.6. The van der Waals surface area contributed by atoms with Gasteiger partial charge in [-0.05, 0) is 45.6 Å². The van der Waals surface area contributed by atoms with Gasteiger partial charge in [0, 0.05) is 6.42 Å². The van der Waals surface area contributed by atoms with Crippen molar-refractivity contribution in [2.24, 2.45) is 5.92 Å². The molecular formula is C26H39N3O8. The van der Waals surface area contributed by atoms with E-state index in [-0.39, 0.29) is 32.0 Å². The number of carbonyl (C=O) groups is 5. The van der Waals surface area contributed by atoms with Crippen molar-refractivity contribution in [1.29, 1.82) is 0 Å². The van der Waals surface area contributed by atoms with Gasteiger partial charge in [-0.3, -0.25) is 14.4 Å². The molecule has 3 amide bonds. The van der Waals surface area contributed by atoms with E-state index in [2.05, 4.69) is 16.0 Å². The van der Waals surface area contributed by atoms with Gasteiger partial charge in [-0.2, -0.15) is 0 Å². The summed E-state index contributed by atoms with van der Waals surface area (Å²) in [4.78, 5) is 61.7. The molecule has 0 saturated carbocycles. The van der Waals surface area contributed by atoms with Crippen LogP contribution in [0.3, 0.4) is 0 Å². The number of alkyl carbamates (subject to hydrolysis) is 1. The maximum Gasteiger partial charge on any atom is 0.408 e. The van der Waals surface area contributed by atoms with Crippen molar-refractivity contribution >= 4 is 29.8 Å². The third-order valence-electron chi connectivity index (χ3n) is 4.83. The predicted octanol–water partition coefficient (Wildman–Crippen LogP) is 2.22. The minimum Gasteiger partial charge on any atom is -0.464 e. The molecule has 0 bridgehead atoms. The molecule has 0 unspecified atom stereocenters. The van der Waals surface area contributed by atoms with Crippen LogP contribution in [0, 0.1) is 5.92 Å². The van der Waals surface area contributed by atoms with Gasteiger partial charge in [-0.1, -0.05) is 44.2 Å². The van der Waals surface area contributed by atoms with E-state index in [0.717, 1.165) is 5.56 Å². The summed E-state index contributed by atoms with van der Waals surface area (Å²) in [6.07, 6.45) is -0.943. The third kappa shape index (κ3) is 13.3. The fourth-order valence-corrected chi connectivity index (χ4v) is 3.05. The molecule has 0 aliphatic rings. The first-order chi connectivity index (χ1) is 17.3. The highest BCUT2D eigenvalue weighted by Gasteiger charge is 2.30. The van der Waals surface area contributed by atoms with Gasteiger partial charge in [0.2, 0.25) is 11.8 Å². The van der Waals surface area contributed by atoms with Crippen LogP contribution in [-0.4, -0.2) is 60.7 Å². The summed E-state index contributed by atoms with van der Waals surface area (Å²) in [5.41, 5.74) is 0.0968. The van der Waals surface area contributed by atoms with Crippen LogP contribution in [0.2, 0.25) is 0 Å². The molecule has 206 valence electrons. The van der Waals surface area contributed by atoms with Gasteiger partial charge in [-0.15, -0.1) is 0 Å². The van der Waals surface area contributed by atoms with Crippen molar-refractivity contribution in [3.05, 3.63) is 35.9 Å². The third-order valence-corrected chi connectivity index (χ3v) is 4.83. The Hall–Kier alpha value is -3.63. The molecule has 0 fully saturated rings. The second kappa shape index (κ2) is 15.5. The summed E-state index contributed by atoms with van der Waals surface area (Å²) < 4.78 is 15.4. The average Bonchev–Trinajstić information content (AvgIpc) is 2.81. The standard InChI is InChI=1S/C26H39N3O8/c1-7-35-24(33)19(13-14-21(31)36-16-18-11-9-8-10-12-18)28-23(32)22(17(2)3)29-20(30)15-27-25(34)37-26(4,5)6/h8-12,17,19,22H,7,13-16H2,1-6H3,(H,27,34)(H,28,32)(H,29,30)/t19-,22+/m1/s1. The first-order valence-corrected chi connectivity index (χ1v) is 12.2. The highest BCUT2D eigenvalue weighted by molar-refractivity contribution is 5.92. The van der Waals surface area contributed by atoms with Crippen molar-refractivity contribution < 1.29 is 38.2 Å². The van der Waals surface area contributed by atoms with E-state index in [4.69, 9.17) is 14.2 Å². The van der Waals surface area contributed by atoms with Gasteiger partial charge in [0.1, 0.15) is 30.8 Å². The molecule has 0 radical (unpaired) electrons. The molecule has 0 saturated heterocycles. The molecule has 2 atom stereocenters. The van der Waals surface area contributed by atoms with E-state index >= 15 is 0 Å². The number of hydrogen-bond donors (Lipinski definition) is 3. The smallest absolute Gasteiger partial charge is 0.408 e. The van der Waals surface area contributed by atoms with Crippen LogP contribution in [0.15, 0.2) is 30.3 Å². The van der Waals surface area contributed by atoms with Crippen molar-refractivity contribution in [3.8, 4) is 0 Å². The number of carbonyl (C=O) groups excluding carboxylic acids is 5. The van der Waals surface area contributed by atoms with Crippen LogP contribution in [0.5, 0.6) is 0 Å². The van der Waals surface area contributed by atoms with E-state index in [1.54, 1.807) is 41.5 Å². The Bertz CT molecular complexity index is 912. The lowest BCUT2D eigenvalue weighted by molar-refractivity contribution is -0.149. The van der Waals surface area contributed by atoms with Crippen LogP contribution in [0.4, 0.5) is 4.79 Å². The lowest BCUT2D eigenvalue weighted by atomic mass is 10.0. The molecule has 0 heterocycles. The first kappa shape index (κ1) is 31.4. The Morgan fingerprint density at radius 1 is 0.946 bits per heavy atom. The van der Waals surface area contributed by atoms with Crippen molar-refractivity contribution in [2.45, 2.75) is 78.7 Å². The molecule has 11 heteroatoms. The number of hydrogen-bond acceptors (Lipinski definition) is 8. The van der Waals surface area contributed by atoms with Crippen molar-refractivity contribution in [2.75, 3.05) is 13.2 Å². The summed E-state index contributed by atoms with van der Waals surface area (Å²) in [6, 6.07) is 7.02. The van der Waals surface area contributed by atoms with Crippen LogP contribution in [-0.2, 0) is 40.0 Å². The lowest BCUT2D eigenvalue weighted by Gasteiger charge is -2.25. The van der Waals surface area contributed by atoms with Crippen molar-refractivity contribution in [3.63, 3.8) is 0 Å². The molecular weight excluding hydrogens is 482 g/mol. The topological polar surface area (TPSA) is 149 Å². The normalized spacial score (nSPS) is 12.6. The number of rotatable bonds is 13. The molecule has 11 nitrogen and oxygen atoms in total. The molecule has 3 N–H and O–H groups in total. The number of amides is 3. The summed E-state index contributed by atoms with van der Waals surface area (Å²) in [5.74, 6) is -2.82. The molecule has 0 aromatic heterocycles. The first-order valence-electron chi connectivity index (χ1n) is 12.2. The zero-order chi connectivity index (χ0) is 28.0. The molecule has 1 rings (SSSR count). The fraction of sp³-hybridized carbons (Fsp3) is 0.577. The SMILES string of the molecule is CCOC(=O)[C@@H](CCC(=O)OCc1ccccc1)NC(=O)[C@@H](NC(=O)CNC(=O)OC(C)(C)C)C(C)C. The second-order valence-corrected chi connectivity index (χ2v) is 9.64. The number of benzene rings is 1. The van der Waals surface area contributed by atoms with Crippen molar-refractivity contribution in [1.82, 2.24) is 16.0 Å². The maximum atomic E-state index is 13.0. The Labute approximate surface area is 218 Å². The molecule has 0 aliphatic heterocycles. The predicted molar refractivity (Wildman–Crippen MR) is 135 cm³/mol. The summed E-state index contributed by atoms with van der Waals surface area (Å²) >= 11 is 0. The Morgan fingerprint density at radius 2 is 1.59 bits per heavy atom. The Morgan fingerprint density at radius 3 is 2.16 bits per heavy atom. The van der Waals surface area contributed by atoms with Gasteiger partial charge < -0.3 is 30.2 Å². The fourth-order valence-electron chi connectivity index (χ4n) is 3.05. The quantitative estimate of drug-likeness (QED) is 0.264. The lowest BCUT2D eigenvalue weighted by Crippen LogP contribution is -2.55. The number of nitrogens with one attached hydrogen (secondary N) is 3. The Balaban J connectivity index is 2.70. The monoisotopic (exact) mass is 521 g/mol. The van der Waals surface area contributed by atoms with E-state index in [1.165, 1.54) is 0 Å².